The third-order valence-corrected chi connectivity index (χ3v) is 6.93. The van der Waals surface area contributed by atoms with Crippen molar-refractivity contribution in [2.45, 2.75) is 73.6 Å². The summed E-state index contributed by atoms with van der Waals surface area (Å²) < 4.78 is 0. The fourth-order valence-corrected chi connectivity index (χ4v) is 4.28. The van der Waals surface area contributed by atoms with Crippen molar-refractivity contribution in [3.8, 4) is 0 Å². The highest BCUT2D eigenvalue weighted by atomic mass is 14.6. The molecule has 1 unspecified atom stereocenters. The molecule has 0 spiro atoms. The zero-order valence-corrected chi connectivity index (χ0v) is 13.3. The first-order valence-corrected chi connectivity index (χ1v) is 7.89. The van der Waals surface area contributed by atoms with Crippen LogP contribution in [-0.2, 0) is 0 Å². The molecular formula is C18H32. The van der Waals surface area contributed by atoms with Gasteiger partial charge >= 0.3 is 0 Å². The monoisotopic (exact) mass is 248 g/mol. The number of rotatable bonds is 1. The van der Waals surface area contributed by atoms with E-state index in [1.54, 1.807) is 0 Å². The molecular weight excluding hydrogens is 216 g/mol. The fraction of sp³-hybridized carbons (Fsp3) is 0.889. The zero-order valence-electron chi connectivity index (χ0n) is 13.3. The van der Waals surface area contributed by atoms with Gasteiger partial charge in [-0.15, -0.1) is 0 Å². The summed E-state index contributed by atoms with van der Waals surface area (Å²) in [7, 11) is 0. The lowest BCUT2D eigenvalue weighted by Crippen LogP contribution is -2.51. The van der Waals surface area contributed by atoms with Crippen molar-refractivity contribution < 1.29 is 0 Å². The van der Waals surface area contributed by atoms with Crippen molar-refractivity contribution in [1.29, 1.82) is 0 Å². The van der Waals surface area contributed by atoms with E-state index in [1.165, 1.54) is 32.1 Å². The smallest absolute Gasteiger partial charge is 0.0118 e. The van der Waals surface area contributed by atoms with Crippen LogP contribution in [-0.4, -0.2) is 0 Å². The van der Waals surface area contributed by atoms with Gasteiger partial charge in [0.25, 0.3) is 0 Å². The van der Waals surface area contributed by atoms with Crippen LogP contribution in [0.5, 0.6) is 0 Å². The van der Waals surface area contributed by atoms with E-state index < -0.39 is 0 Å². The number of hydrogen-bond acceptors (Lipinski definition) is 0. The molecule has 0 heterocycles. The van der Waals surface area contributed by atoms with E-state index >= 15 is 0 Å². The molecule has 0 amide bonds. The Morgan fingerprint density at radius 1 is 0.833 bits per heavy atom. The average Bonchev–Trinajstić information content (AvgIpc) is 2.28. The summed E-state index contributed by atoms with van der Waals surface area (Å²) in [5, 5.41) is 0. The van der Waals surface area contributed by atoms with E-state index in [0.717, 1.165) is 11.8 Å². The molecule has 2 aliphatic rings. The van der Waals surface area contributed by atoms with Crippen LogP contribution in [0.15, 0.2) is 12.2 Å². The molecule has 18 heavy (non-hydrogen) atoms. The summed E-state index contributed by atoms with van der Waals surface area (Å²) in [6.45, 7) is 14.8. The summed E-state index contributed by atoms with van der Waals surface area (Å²) in [5.74, 6) is 1.71. The molecule has 2 aliphatic carbocycles. The summed E-state index contributed by atoms with van der Waals surface area (Å²) in [6, 6.07) is 0. The summed E-state index contributed by atoms with van der Waals surface area (Å²) in [4.78, 5) is 0. The average molecular weight is 248 g/mol. The van der Waals surface area contributed by atoms with Gasteiger partial charge in [-0.25, -0.2) is 0 Å². The molecule has 0 bridgehead atoms. The molecule has 0 N–H and O–H groups in total. The number of allylic oxidation sites excluding steroid dienone is 2. The minimum absolute atomic E-state index is 0.307. The van der Waals surface area contributed by atoms with Gasteiger partial charge in [-0.3, -0.25) is 0 Å². The van der Waals surface area contributed by atoms with Crippen LogP contribution in [0.2, 0.25) is 0 Å². The van der Waals surface area contributed by atoms with Crippen LogP contribution >= 0.6 is 0 Å². The van der Waals surface area contributed by atoms with Gasteiger partial charge < -0.3 is 0 Å². The van der Waals surface area contributed by atoms with Crippen LogP contribution in [0.3, 0.4) is 0 Å². The lowest BCUT2D eigenvalue weighted by Gasteiger charge is -2.59. The molecule has 0 heteroatoms. The standard InChI is InChI=1S/C18H32/c1-16(2)13-12-15(14-10-8-7-9-11-14)17(3,4)18(16,5)6/h12-15H,7-11H2,1-6H3. The van der Waals surface area contributed by atoms with Gasteiger partial charge in [0.15, 0.2) is 0 Å². The molecule has 0 aromatic rings. The van der Waals surface area contributed by atoms with Gasteiger partial charge in [0, 0.05) is 0 Å². The second-order valence-electron chi connectivity index (χ2n) is 8.35. The molecule has 0 aliphatic heterocycles. The van der Waals surface area contributed by atoms with Crippen LogP contribution in [0.1, 0.15) is 73.6 Å². The van der Waals surface area contributed by atoms with Crippen molar-refractivity contribution in [2.24, 2.45) is 28.1 Å². The van der Waals surface area contributed by atoms with E-state index in [-0.39, 0.29) is 0 Å². The van der Waals surface area contributed by atoms with Gasteiger partial charge in [0.2, 0.25) is 0 Å². The fourth-order valence-electron chi connectivity index (χ4n) is 4.28. The quantitative estimate of drug-likeness (QED) is 0.512. The highest BCUT2D eigenvalue weighted by Gasteiger charge is 2.53. The maximum absolute atomic E-state index is 2.57. The van der Waals surface area contributed by atoms with Gasteiger partial charge in [-0.05, 0) is 40.9 Å². The largest absolute Gasteiger partial charge is 0.0840 e. The maximum atomic E-state index is 2.57. The maximum Gasteiger partial charge on any atom is -0.0118 e. The predicted octanol–water partition coefficient (Wildman–Crippen LogP) is 5.83. The molecule has 0 aromatic heterocycles. The minimum atomic E-state index is 0.307. The Morgan fingerprint density at radius 3 is 1.94 bits per heavy atom. The molecule has 1 saturated carbocycles. The van der Waals surface area contributed by atoms with E-state index in [2.05, 4.69) is 53.7 Å². The second-order valence-corrected chi connectivity index (χ2v) is 8.35. The van der Waals surface area contributed by atoms with Crippen molar-refractivity contribution >= 4 is 0 Å². The zero-order chi connectivity index (χ0) is 13.6. The summed E-state index contributed by atoms with van der Waals surface area (Å²) in [5.41, 5.74) is 1.06. The van der Waals surface area contributed by atoms with Gasteiger partial charge in [0.05, 0.1) is 0 Å². The van der Waals surface area contributed by atoms with Crippen molar-refractivity contribution in [3.05, 3.63) is 12.2 Å². The molecule has 2 rings (SSSR count). The minimum Gasteiger partial charge on any atom is -0.0840 e. The second kappa shape index (κ2) is 4.39. The third-order valence-electron chi connectivity index (χ3n) is 6.93. The first-order chi connectivity index (χ1) is 8.20. The SMILES string of the molecule is CC1(C)C=CC(C2CCCCC2)C(C)(C)C1(C)C. The third kappa shape index (κ3) is 1.96. The number of hydrogen-bond donors (Lipinski definition) is 0. The summed E-state index contributed by atoms with van der Waals surface area (Å²) in [6.07, 6.45) is 12.4. The molecule has 0 aromatic carbocycles. The van der Waals surface area contributed by atoms with Crippen LogP contribution in [0.25, 0.3) is 0 Å². The van der Waals surface area contributed by atoms with Crippen molar-refractivity contribution in [3.63, 3.8) is 0 Å². The van der Waals surface area contributed by atoms with Crippen molar-refractivity contribution in [2.75, 3.05) is 0 Å². The normalized spacial score (nSPS) is 34.4. The molecule has 0 nitrogen and oxygen atoms in total. The van der Waals surface area contributed by atoms with Crippen LogP contribution < -0.4 is 0 Å². The Labute approximate surface area is 114 Å². The van der Waals surface area contributed by atoms with E-state index in [0.29, 0.717) is 16.2 Å². The van der Waals surface area contributed by atoms with Crippen molar-refractivity contribution in [1.82, 2.24) is 0 Å². The Balaban J connectivity index is 2.32. The molecule has 0 radical (unpaired) electrons. The Bertz CT molecular complexity index is 324. The first kappa shape index (κ1) is 14.2. The molecule has 1 fully saturated rings. The van der Waals surface area contributed by atoms with E-state index in [4.69, 9.17) is 0 Å². The predicted molar refractivity (Wildman–Crippen MR) is 80.5 cm³/mol. The van der Waals surface area contributed by atoms with Gasteiger partial charge in [0.1, 0.15) is 0 Å². The molecule has 1 atom stereocenters. The lowest BCUT2D eigenvalue weighted by atomic mass is 9.46. The highest BCUT2D eigenvalue weighted by molar-refractivity contribution is 5.18. The van der Waals surface area contributed by atoms with E-state index in [1.807, 2.05) is 0 Å². The Hall–Kier alpha value is -0.260. The Morgan fingerprint density at radius 2 is 1.39 bits per heavy atom. The molecule has 104 valence electrons. The van der Waals surface area contributed by atoms with Gasteiger partial charge in [-0.2, -0.15) is 0 Å². The van der Waals surface area contributed by atoms with Crippen LogP contribution in [0, 0.1) is 28.1 Å². The van der Waals surface area contributed by atoms with Crippen LogP contribution in [0.4, 0.5) is 0 Å². The lowest BCUT2D eigenvalue weighted by molar-refractivity contribution is -0.0552. The molecule has 0 saturated heterocycles. The van der Waals surface area contributed by atoms with E-state index in [9.17, 15) is 0 Å². The topological polar surface area (TPSA) is 0 Å². The summed E-state index contributed by atoms with van der Waals surface area (Å²) >= 11 is 0. The Kier molecular flexibility index (Phi) is 3.45. The highest BCUT2D eigenvalue weighted by Crippen LogP contribution is 2.61. The first-order valence-electron chi connectivity index (χ1n) is 7.89. The van der Waals surface area contributed by atoms with Gasteiger partial charge in [-0.1, -0.05) is 73.0 Å².